The van der Waals surface area contributed by atoms with Gasteiger partial charge < -0.3 is 15.2 Å². The Morgan fingerprint density at radius 1 is 1.21 bits per heavy atom. The lowest BCUT2D eigenvalue weighted by molar-refractivity contribution is 0.297. The maximum absolute atomic E-state index is 6.28. The second-order valence-electron chi connectivity index (χ2n) is 4.41. The molecule has 2 aromatic rings. The standard InChI is InChI=1S/C13H14ClN3O2/c1-17-13(15)7-10(16-17)8-5-11-12(6-9(8)14)19-4-2-3-18-11/h5-7H,2-4,15H2,1H3. The topological polar surface area (TPSA) is 62.3 Å². The Balaban J connectivity index is 2.09. The molecule has 0 saturated carbocycles. The maximum Gasteiger partial charge on any atom is 0.162 e. The molecule has 0 atom stereocenters. The van der Waals surface area contributed by atoms with E-state index in [4.69, 9.17) is 26.8 Å². The quantitative estimate of drug-likeness (QED) is 0.871. The molecule has 2 N–H and O–H groups in total. The van der Waals surface area contributed by atoms with Crippen LogP contribution in [0.25, 0.3) is 11.3 Å². The summed E-state index contributed by atoms with van der Waals surface area (Å²) >= 11 is 6.28. The molecule has 1 aliphatic rings. The molecule has 0 spiro atoms. The number of hydrogen-bond donors (Lipinski definition) is 1. The second-order valence-corrected chi connectivity index (χ2v) is 4.81. The number of halogens is 1. The van der Waals surface area contributed by atoms with Gasteiger partial charge in [-0.3, -0.25) is 4.68 Å². The molecule has 0 bridgehead atoms. The van der Waals surface area contributed by atoms with Gasteiger partial charge in [0.1, 0.15) is 5.82 Å². The molecule has 1 aromatic carbocycles. The fraction of sp³-hybridized carbons (Fsp3) is 0.308. The molecule has 100 valence electrons. The van der Waals surface area contributed by atoms with Crippen molar-refractivity contribution in [3.63, 3.8) is 0 Å². The first-order valence-corrected chi connectivity index (χ1v) is 6.42. The second kappa shape index (κ2) is 4.66. The van der Waals surface area contributed by atoms with Crippen LogP contribution in [0.3, 0.4) is 0 Å². The largest absolute Gasteiger partial charge is 0.490 e. The molecular weight excluding hydrogens is 266 g/mol. The third-order valence-electron chi connectivity index (χ3n) is 3.03. The number of ether oxygens (including phenoxy) is 2. The summed E-state index contributed by atoms with van der Waals surface area (Å²) in [5, 5.41) is 4.90. The molecule has 0 saturated heterocycles. The van der Waals surface area contributed by atoms with Crippen molar-refractivity contribution < 1.29 is 9.47 Å². The molecule has 0 aliphatic carbocycles. The number of benzene rings is 1. The van der Waals surface area contributed by atoms with Crippen molar-refractivity contribution in [2.24, 2.45) is 7.05 Å². The van der Waals surface area contributed by atoms with Crippen molar-refractivity contribution in [3.05, 3.63) is 23.2 Å². The van der Waals surface area contributed by atoms with E-state index in [1.807, 2.05) is 6.07 Å². The lowest BCUT2D eigenvalue weighted by atomic mass is 10.1. The van der Waals surface area contributed by atoms with Gasteiger partial charge in [0.15, 0.2) is 11.5 Å². The first-order chi connectivity index (χ1) is 9.15. The van der Waals surface area contributed by atoms with Crippen LogP contribution < -0.4 is 15.2 Å². The number of aryl methyl sites for hydroxylation is 1. The van der Waals surface area contributed by atoms with E-state index < -0.39 is 0 Å². The van der Waals surface area contributed by atoms with Crippen LogP contribution in [-0.2, 0) is 7.05 Å². The van der Waals surface area contributed by atoms with Crippen molar-refractivity contribution in [2.45, 2.75) is 6.42 Å². The molecule has 3 rings (SSSR count). The van der Waals surface area contributed by atoms with Gasteiger partial charge in [0.05, 0.1) is 23.9 Å². The van der Waals surface area contributed by atoms with Gasteiger partial charge in [0, 0.05) is 31.2 Å². The number of fused-ring (bicyclic) bond motifs is 1. The molecule has 5 nitrogen and oxygen atoms in total. The van der Waals surface area contributed by atoms with Crippen molar-refractivity contribution in [1.29, 1.82) is 0 Å². The lowest BCUT2D eigenvalue weighted by Crippen LogP contribution is -1.97. The van der Waals surface area contributed by atoms with Crippen LogP contribution in [0.1, 0.15) is 6.42 Å². The van der Waals surface area contributed by atoms with E-state index in [-0.39, 0.29) is 0 Å². The minimum absolute atomic E-state index is 0.572. The van der Waals surface area contributed by atoms with E-state index in [9.17, 15) is 0 Å². The monoisotopic (exact) mass is 279 g/mol. The first kappa shape index (κ1) is 12.2. The summed E-state index contributed by atoms with van der Waals surface area (Å²) in [5.41, 5.74) is 7.31. The Labute approximate surface area is 115 Å². The molecule has 0 unspecified atom stereocenters. The van der Waals surface area contributed by atoms with Crippen molar-refractivity contribution in [3.8, 4) is 22.8 Å². The van der Waals surface area contributed by atoms with Gasteiger partial charge in [0.2, 0.25) is 0 Å². The number of hydrogen-bond acceptors (Lipinski definition) is 4. The fourth-order valence-electron chi connectivity index (χ4n) is 1.99. The van der Waals surface area contributed by atoms with Crippen LogP contribution in [0.4, 0.5) is 5.82 Å². The first-order valence-electron chi connectivity index (χ1n) is 6.04. The third kappa shape index (κ3) is 2.21. The van der Waals surface area contributed by atoms with Crippen LogP contribution >= 0.6 is 11.6 Å². The van der Waals surface area contributed by atoms with Gasteiger partial charge in [-0.2, -0.15) is 5.10 Å². The summed E-state index contributed by atoms with van der Waals surface area (Å²) in [6, 6.07) is 5.40. The molecule has 1 aliphatic heterocycles. The van der Waals surface area contributed by atoms with Crippen LogP contribution in [0.15, 0.2) is 18.2 Å². The Kier molecular flexibility index (Phi) is 2.98. The van der Waals surface area contributed by atoms with Gasteiger partial charge in [-0.1, -0.05) is 11.6 Å². The Hall–Kier alpha value is -1.88. The maximum atomic E-state index is 6.28. The summed E-state index contributed by atoms with van der Waals surface area (Å²) in [4.78, 5) is 0. The van der Waals surface area contributed by atoms with Gasteiger partial charge in [-0.25, -0.2) is 0 Å². The van der Waals surface area contributed by atoms with Crippen molar-refractivity contribution >= 4 is 17.4 Å². The minimum Gasteiger partial charge on any atom is -0.490 e. The Morgan fingerprint density at radius 3 is 2.53 bits per heavy atom. The summed E-state index contributed by atoms with van der Waals surface area (Å²) in [7, 11) is 1.79. The zero-order chi connectivity index (χ0) is 13.4. The van der Waals surface area contributed by atoms with E-state index in [0.29, 0.717) is 35.6 Å². The molecule has 0 radical (unpaired) electrons. The van der Waals surface area contributed by atoms with Gasteiger partial charge in [0.25, 0.3) is 0 Å². The van der Waals surface area contributed by atoms with Gasteiger partial charge in [-0.05, 0) is 6.07 Å². The normalized spacial score (nSPS) is 14.2. The number of nitrogens with zero attached hydrogens (tertiary/aromatic N) is 2. The molecule has 2 heterocycles. The van der Waals surface area contributed by atoms with Gasteiger partial charge in [-0.15, -0.1) is 0 Å². The average molecular weight is 280 g/mol. The van der Waals surface area contributed by atoms with Crippen LogP contribution in [0, 0.1) is 0 Å². The zero-order valence-electron chi connectivity index (χ0n) is 10.5. The van der Waals surface area contributed by atoms with E-state index in [1.165, 1.54) is 0 Å². The number of aromatic nitrogens is 2. The molecule has 1 aromatic heterocycles. The number of nitrogen functional groups attached to an aromatic ring is 1. The SMILES string of the molecule is Cn1nc(-c2cc3c(cc2Cl)OCCCO3)cc1N. The highest BCUT2D eigenvalue weighted by molar-refractivity contribution is 6.33. The van der Waals surface area contributed by atoms with E-state index in [2.05, 4.69) is 5.10 Å². The summed E-state index contributed by atoms with van der Waals surface area (Å²) in [6.45, 7) is 1.28. The molecule has 19 heavy (non-hydrogen) atoms. The minimum atomic E-state index is 0.572. The number of anilines is 1. The summed E-state index contributed by atoms with van der Waals surface area (Å²) < 4.78 is 12.8. The predicted molar refractivity (Wildman–Crippen MR) is 73.7 cm³/mol. The molecule has 0 fully saturated rings. The van der Waals surface area contributed by atoms with Crippen LogP contribution in [0.5, 0.6) is 11.5 Å². The van der Waals surface area contributed by atoms with Crippen LogP contribution in [0.2, 0.25) is 5.02 Å². The van der Waals surface area contributed by atoms with E-state index in [1.54, 1.807) is 23.9 Å². The number of nitrogens with two attached hydrogens (primary N) is 1. The zero-order valence-corrected chi connectivity index (χ0v) is 11.3. The predicted octanol–water partition coefficient (Wildman–Crippen LogP) is 2.48. The summed E-state index contributed by atoms with van der Waals surface area (Å²) in [6.07, 6.45) is 0.859. The third-order valence-corrected chi connectivity index (χ3v) is 3.34. The smallest absolute Gasteiger partial charge is 0.162 e. The Morgan fingerprint density at radius 2 is 1.89 bits per heavy atom. The average Bonchev–Trinajstić information content (AvgIpc) is 2.60. The molecule has 0 amide bonds. The van der Waals surface area contributed by atoms with Gasteiger partial charge >= 0.3 is 0 Å². The summed E-state index contributed by atoms with van der Waals surface area (Å²) in [5.74, 6) is 1.95. The highest BCUT2D eigenvalue weighted by Gasteiger charge is 2.17. The Bertz CT molecular complexity index is 605. The highest BCUT2D eigenvalue weighted by atomic mass is 35.5. The molecule has 6 heteroatoms. The lowest BCUT2D eigenvalue weighted by Gasteiger charge is -2.10. The number of rotatable bonds is 1. The highest BCUT2D eigenvalue weighted by Crippen LogP contribution is 2.39. The van der Waals surface area contributed by atoms with Crippen LogP contribution in [-0.4, -0.2) is 23.0 Å². The molecular formula is C13H14ClN3O2. The fourth-order valence-corrected chi connectivity index (χ4v) is 2.24. The van der Waals surface area contributed by atoms with Crippen molar-refractivity contribution in [2.75, 3.05) is 18.9 Å². The van der Waals surface area contributed by atoms with E-state index in [0.717, 1.165) is 17.7 Å². The van der Waals surface area contributed by atoms with E-state index >= 15 is 0 Å². The van der Waals surface area contributed by atoms with Crippen molar-refractivity contribution in [1.82, 2.24) is 9.78 Å².